The number of carbonyl (C=O) groups excluding carboxylic acids is 1. The predicted octanol–water partition coefficient (Wildman–Crippen LogP) is 1.66. The molecule has 1 amide bonds. The minimum atomic E-state index is -0.213. The summed E-state index contributed by atoms with van der Waals surface area (Å²) >= 11 is 0. The largest absolute Gasteiger partial charge is 0.491 e. The fourth-order valence-electron chi connectivity index (χ4n) is 2.60. The molecule has 2 N–H and O–H groups in total. The number of carbonyl (C=O) groups is 1. The SMILES string of the molecule is CN(C)CCOc1ccccc1C(=O)NC1CCC(O)CC1. The smallest absolute Gasteiger partial charge is 0.255 e. The molecule has 2 rings (SSSR count). The molecule has 0 aromatic heterocycles. The molecule has 0 radical (unpaired) electrons. The molecule has 1 aromatic rings. The van der Waals surface area contributed by atoms with E-state index in [0.717, 1.165) is 32.2 Å². The summed E-state index contributed by atoms with van der Waals surface area (Å²) < 4.78 is 5.73. The van der Waals surface area contributed by atoms with Gasteiger partial charge in [0, 0.05) is 12.6 Å². The molecule has 0 aliphatic heterocycles. The second-order valence-electron chi connectivity index (χ2n) is 6.13. The fraction of sp³-hybridized carbons (Fsp3) is 0.588. The summed E-state index contributed by atoms with van der Waals surface area (Å²) in [6, 6.07) is 7.48. The van der Waals surface area contributed by atoms with Crippen molar-refractivity contribution in [2.24, 2.45) is 0 Å². The van der Waals surface area contributed by atoms with E-state index >= 15 is 0 Å². The molecule has 1 saturated carbocycles. The Hall–Kier alpha value is -1.59. The first kappa shape index (κ1) is 16.8. The van der Waals surface area contributed by atoms with Crippen LogP contribution >= 0.6 is 0 Å². The summed E-state index contributed by atoms with van der Waals surface area (Å²) in [6.07, 6.45) is 2.96. The number of hydrogen-bond donors (Lipinski definition) is 2. The molecule has 22 heavy (non-hydrogen) atoms. The van der Waals surface area contributed by atoms with Gasteiger partial charge in [-0.1, -0.05) is 12.1 Å². The van der Waals surface area contributed by atoms with Crippen LogP contribution in [-0.2, 0) is 0 Å². The molecule has 1 aromatic carbocycles. The molecule has 0 heterocycles. The topological polar surface area (TPSA) is 61.8 Å². The van der Waals surface area contributed by atoms with E-state index in [1.54, 1.807) is 6.07 Å². The molecule has 0 saturated heterocycles. The zero-order chi connectivity index (χ0) is 15.9. The average molecular weight is 306 g/mol. The zero-order valence-corrected chi connectivity index (χ0v) is 13.4. The second-order valence-corrected chi connectivity index (χ2v) is 6.13. The van der Waals surface area contributed by atoms with E-state index in [1.165, 1.54) is 0 Å². The highest BCUT2D eigenvalue weighted by Gasteiger charge is 2.22. The van der Waals surface area contributed by atoms with Crippen LogP contribution in [0.3, 0.4) is 0 Å². The van der Waals surface area contributed by atoms with E-state index in [-0.39, 0.29) is 18.1 Å². The van der Waals surface area contributed by atoms with Crippen molar-refractivity contribution < 1.29 is 14.6 Å². The first-order valence-electron chi connectivity index (χ1n) is 7.91. The minimum Gasteiger partial charge on any atom is -0.491 e. The molecular weight excluding hydrogens is 280 g/mol. The number of aliphatic hydroxyl groups excluding tert-OH is 1. The van der Waals surface area contributed by atoms with Gasteiger partial charge in [-0.3, -0.25) is 4.79 Å². The average Bonchev–Trinajstić information content (AvgIpc) is 2.49. The Labute approximate surface area is 132 Å². The number of nitrogens with one attached hydrogen (secondary N) is 1. The van der Waals surface area contributed by atoms with Gasteiger partial charge in [-0.25, -0.2) is 0 Å². The quantitative estimate of drug-likeness (QED) is 0.839. The first-order valence-corrected chi connectivity index (χ1v) is 7.91. The predicted molar refractivity (Wildman–Crippen MR) is 86.2 cm³/mol. The molecule has 1 aliphatic rings. The van der Waals surface area contributed by atoms with E-state index < -0.39 is 0 Å². The van der Waals surface area contributed by atoms with Crippen molar-refractivity contribution in [3.63, 3.8) is 0 Å². The van der Waals surface area contributed by atoms with Gasteiger partial charge in [-0.15, -0.1) is 0 Å². The molecule has 5 nitrogen and oxygen atoms in total. The normalized spacial score (nSPS) is 21.6. The van der Waals surface area contributed by atoms with Crippen molar-refractivity contribution in [3.05, 3.63) is 29.8 Å². The van der Waals surface area contributed by atoms with Gasteiger partial charge in [0.2, 0.25) is 0 Å². The fourth-order valence-corrected chi connectivity index (χ4v) is 2.60. The number of benzene rings is 1. The standard InChI is InChI=1S/C17H26N2O3/c1-19(2)11-12-22-16-6-4-3-5-15(16)17(21)18-13-7-9-14(20)10-8-13/h3-6,13-14,20H,7-12H2,1-2H3,(H,18,21). The molecular formula is C17H26N2O3. The van der Waals surface area contributed by atoms with Gasteiger partial charge in [0.25, 0.3) is 5.91 Å². The number of rotatable bonds is 6. The van der Waals surface area contributed by atoms with Gasteiger partial charge in [-0.05, 0) is 51.9 Å². The molecule has 0 bridgehead atoms. The first-order chi connectivity index (χ1) is 10.6. The number of nitrogens with zero attached hydrogens (tertiary/aromatic N) is 1. The third-order valence-electron chi connectivity index (χ3n) is 3.96. The lowest BCUT2D eigenvalue weighted by Crippen LogP contribution is -2.38. The molecule has 0 atom stereocenters. The van der Waals surface area contributed by atoms with Gasteiger partial charge in [0.15, 0.2) is 0 Å². The lowest BCUT2D eigenvalue weighted by atomic mass is 9.93. The molecule has 1 fully saturated rings. The highest BCUT2D eigenvalue weighted by molar-refractivity contribution is 5.97. The maximum atomic E-state index is 12.4. The van der Waals surface area contributed by atoms with Crippen molar-refractivity contribution in [1.82, 2.24) is 10.2 Å². The van der Waals surface area contributed by atoms with Crippen molar-refractivity contribution in [3.8, 4) is 5.75 Å². The number of hydrogen-bond acceptors (Lipinski definition) is 4. The van der Waals surface area contributed by atoms with Crippen molar-refractivity contribution in [2.75, 3.05) is 27.2 Å². The van der Waals surface area contributed by atoms with Crippen LogP contribution in [0.1, 0.15) is 36.0 Å². The summed E-state index contributed by atoms with van der Waals surface area (Å²) in [4.78, 5) is 14.5. The number of para-hydroxylation sites is 1. The molecule has 0 spiro atoms. The van der Waals surface area contributed by atoms with Crippen LogP contribution in [0, 0.1) is 0 Å². The zero-order valence-electron chi connectivity index (χ0n) is 13.4. The third kappa shape index (κ3) is 5.00. The number of ether oxygens (including phenoxy) is 1. The van der Waals surface area contributed by atoms with Crippen molar-refractivity contribution >= 4 is 5.91 Å². The van der Waals surface area contributed by atoms with E-state index in [4.69, 9.17) is 4.74 Å². The van der Waals surface area contributed by atoms with Crippen molar-refractivity contribution in [2.45, 2.75) is 37.8 Å². The van der Waals surface area contributed by atoms with Crippen LogP contribution in [0.15, 0.2) is 24.3 Å². The van der Waals surface area contributed by atoms with E-state index in [9.17, 15) is 9.90 Å². The van der Waals surface area contributed by atoms with Crippen LogP contribution in [0.25, 0.3) is 0 Å². The Morgan fingerprint density at radius 3 is 2.64 bits per heavy atom. The maximum Gasteiger partial charge on any atom is 0.255 e. The number of likely N-dealkylation sites (N-methyl/N-ethyl adjacent to an activating group) is 1. The molecule has 0 unspecified atom stereocenters. The van der Waals surface area contributed by atoms with Crippen LogP contribution < -0.4 is 10.1 Å². The second kappa shape index (κ2) is 8.15. The Morgan fingerprint density at radius 1 is 1.27 bits per heavy atom. The Bertz CT molecular complexity index is 483. The van der Waals surface area contributed by atoms with Gasteiger partial charge in [0.1, 0.15) is 12.4 Å². The van der Waals surface area contributed by atoms with E-state index in [1.807, 2.05) is 37.2 Å². The maximum absolute atomic E-state index is 12.4. The van der Waals surface area contributed by atoms with Crippen LogP contribution in [0.5, 0.6) is 5.75 Å². The molecule has 122 valence electrons. The van der Waals surface area contributed by atoms with E-state index in [2.05, 4.69) is 5.32 Å². The minimum absolute atomic E-state index is 0.0955. The van der Waals surface area contributed by atoms with Gasteiger partial charge >= 0.3 is 0 Å². The monoisotopic (exact) mass is 306 g/mol. The molecule has 1 aliphatic carbocycles. The Kier molecular flexibility index (Phi) is 6.21. The summed E-state index contributed by atoms with van der Waals surface area (Å²) in [5.74, 6) is 0.527. The van der Waals surface area contributed by atoms with Gasteiger partial charge in [0.05, 0.1) is 11.7 Å². The van der Waals surface area contributed by atoms with Crippen molar-refractivity contribution in [1.29, 1.82) is 0 Å². The van der Waals surface area contributed by atoms with E-state index in [0.29, 0.717) is 17.9 Å². The summed E-state index contributed by atoms with van der Waals surface area (Å²) in [5.41, 5.74) is 0.576. The summed E-state index contributed by atoms with van der Waals surface area (Å²) in [5, 5.41) is 12.6. The molecule has 5 heteroatoms. The summed E-state index contributed by atoms with van der Waals surface area (Å²) in [6.45, 7) is 1.35. The number of amides is 1. The summed E-state index contributed by atoms with van der Waals surface area (Å²) in [7, 11) is 3.97. The number of aliphatic hydroxyl groups is 1. The Balaban J connectivity index is 1.94. The van der Waals surface area contributed by atoms with Gasteiger partial charge < -0.3 is 20.1 Å². The lowest BCUT2D eigenvalue weighted by Gasteiger charge is -2.26. The third-order valence-corrected chi connectivity index (χ3v) is 3.96. The lowest BCUT2D eigenvalue weighted by molar-refractivity contribution is 0.0863. The van der Waals surface area contributed by atoms with Crippen LogP contribution in [0.2, 0.25) is 0 Å². The van der Waals surface area contributed by atoms with Crippen LogP contribution in [0.4, 0.5) is 0 Å². The van der Waals surface area contributed by atoms with Crippen LogP contribution in [-0.4, -0.2) is 55.3 Å². The highest BCUT2D eigenvalue weighted by Crippen LogP contribution is 2.21. The Morgan fingerprint density at radius 2 is 1.95 bits per heavy atom. The van der Waals surface area contributed by atoms with Gasteiger partial charge in [-0.2, -0.15) is 0 Å². The highest BCUT2D eigenvalue weighted by atomic mass is 16.5.